The van der Waals surface area contributed by atoms with E-state index < -0.39 is 0 Å². The van der Waals surface area contributed by atoms with E-state index in [1.54, 1.807) is 6.20 Å². The zero-order valence-electron chi connectivity index (χ0n) is 16.8. The zero-order chi connectivity index (χ0) is 19.3. The minimum atomic E-state index is 0.306. The molecule has 0 atom stereocenters. The monoisotopic (exact) mass is 385 g/mol. The fourth-order valence-corrected chi connectivity index (χ4v) is 4.37. The molecule has 8 nitrogen and oxygen atoms in total. The number of amides is 1. The molecule has 2 aliphatic heterocycles. The van der Waals surface area contributed by atoms with Gasteiger partial charge in [0.15, 0.2) is 5.82 Å². The summed E-state index contributed by atoms with van der Waals surface area (Å²) >= 11 is 0. The summed E-state index contributed by atoms with van der Waals surface area (Å²) in [6.07, 6.45) is 10.6. The number of nitrogens with zero attached hydrogens (tertiary/aromatic N) is 7. The smallest absolute Gasteiger partial charge is 0.236 e. The first-order valence-corrected chi connectivity index (χ1v) is 10.6. The first-order chi connectivity index (χ1) is 13.7. The van der Waals surface area contributed by atoms with E-state index >= 15 is 0 Å². The summed E-state index contributed by atoms with van der Waals surface area (Å²) in [4.78, 5) is 17.0. The van der Waals surface area contributed by atoms with Crippen LogP contribution in [0.1, 0.15) is 56.1 Å². The summed E-state index contributed by atoms with van der Waals surface area (Å²) < 4.78 is 3.98. The highest BCUT2D eigenvalue weighted by atomic mass is 16.2. The molecule has 2 aliphatic rings. The Bertz CT molecular complexity index is 754. The fraction of sp³-hybridized carbons (Fsp3) is 0.700. The van der Waals surface area contributed by atoms with Gasteiger partial charge < -0.3 is 9.47 Å². The number of hydrogen-bond donors (Lipinski definition) is 0. The van der Waals surface area contributed by atoms with Gasteiger partial charge in [-0.05, 0) is 44.8 Å². The molecule has 1 amide bonds. The summed E-state index contributed by atoms with van der Waals surface area (Å²) in [6.45, 7) is 4.98. The normalized spacial score (nSPS) is 19.7. The molecule has 4 heterocycles. The first-order valence-electron chi connectivity index (χ1n) is 10.6. The third-order valence-corrected chi connectivity index (χ3v) is 6.13. The van der Waals surface area contributed by atoms with Crippen molar-refractivity contribution in [3.63, 3.8) is 0 Å². The molecule has 8 heteroatoms. The minimum Gasteiger partial charge on any atom is -0.342 e. The number of aromatic nitrogens is 5. The summed E-state index contributed by atoms with van der Waals surface area (Å²) in [5, 5.41) is 13.1. The Kier molecular flexibility index (Phi) is 6.04. The Morgan fingerprint density at radius 3 is 2.50 bits per heavy atom. The van der Waals surface area contributed by atoms with Crippen molar-refractivity contribution < 1.29 is 4.79 Å². The highest BCUT2D eigenvalue weighted by Crippen LogP contribution is 2.27. The SMILES string of the molecule is Cn1c(Cn2cccn2)nnc1C1CCN(CC(=O)N2CCCCCC2)CC1. The van der Waals surface area contributed by atoms with E-state index in [2.05, 4.69) is 29.7 Å². The summed E-state index contributed by atoms with van der Waals surface area (Å²) in [5.41, 5.74) is 0. The van der Waals surface area contributed by atoms with Crippen LogP contribution in [0.4, 0.5) is 0 Å². The van der Waals surface area contributed by atoms with Crippen molar-refractivity contribution in [3.05, 3.63) is 30.1 Å². The lowest BCUT2D eigenvalue weighted by atomic mass is 9.96. The van der Waals surface area contributed by atoms with Gasteiger partial charge in [0.05, 0.1) is 6.54 Å². The van der Waals surface area contributed by atoms with E-state index in [0.29, 0.717) is 24.9 Å². The molecule has 2 fully saturated rings. The van der Waals surface area contributed by atoms with Crippen LogP contribution in [0.15, 0.2) is 18.5 Å². The summed E-state index contributed by atoms with van der Waals surface area (Å²) in [7, 11) is 2.05. The molecule has 0 radical (unpaired) electrons. The lowest BCUT2D eigenvalue weighted by Crippen LogP contribution is -2.43. The molecule has 0 saturated carbocycles. The van der Waals surface area contributed by atoms with Crippen molar-refractivity contribution in [2.24, 2.45) is 7.05 Å². The van der Waals surface area contributed by atoms with Crippen LogP contribution in [-0.4, -0.2) is 73.0 Å². The number of carbonyl (C=O) groups is 1. The Morgan fingerprint density at radius 2 is 1.82 bits per heavy atom. The predicted octanol–water partition coefficient (Wildman–Crippen LogP) is 1.64. The van der Waals surface area contributed by atoms with Crippen molar-refractivity contribution in [1.29, 1.82) is 0 Å². The maximum Gasteiger partial charge on any atom is 0.236 e. The number of likely N-dealkylation sites (tertiary alicyclic amines) is 2. The molecule has 2 saturated heterocycles. The van der Waals surface area contributed by atoms with Crippen LogP contribution in [-0.2, 0) is 18.4 Å². The van der Waals surface area contributed by atoms with Crippen LogP contribution in [0, 0.1) is 0 Å². The maximum absolute atomic E-state index is 12.6. The van der Waals surface area contributed by atoms with Gasteiger partial charge in [0.25, 0.3) is 0 Å². The van der Waals surface area contributed by atoms with Crippen molar-refractivity contribution in [3.8, 4) is 0 Å². The third-order valence-electron chi connectivity index (χ3n) is 6.13. The van der Waals surface area contributed by atoms with Crippen LogP contribution >= 0.6 is 0 Å². The van der Waals surface area contributed by atoms with Crippen LogP contribution < -0.4 is 0 Å². The number of piperidine rings is 1. The second-order valence-electron chi connectivity index (χ2n) is 8.08. The van der Waals surface area contributed by atoms with Crippen molar-refractivity contribution in [2.45, 2.75) is 51.0 Å². The van der Waals surface area contributed by atoms with Crippen molar-refractivity contribution >= 4 is 5.91 Å². The van der Waals surface area contributed by atoms with Crippen molar-refractivity contribution in [1.82, 2.24) is 34.3 Å². The second-order valence-corrected chi connectivity index (χ2v) is 8.08. The van der Waals surface area contributed by atoms with E-state index in [1.165, 1.54) is 12.8 Å². The maximum atomic E-state index is 12.6. The van der Waals surface area contributed by atoms with Gasteiger partial charge in [-0.3, -0.25) is 14.4 Å². The molecule has 2 aromatic rings. The Balaban J connectivity index is 1.29. The molecule has 152 valence electrons. The van der Waals surface area contributed by atoms with Gasteiger partial charge in [0.2, 0.25) is 5.91 Å². The third kappa shape index (κ3) is 4.43. The Labute approximate surface area is 166 Å². The molecule has 0 aromatic carbocycles. The highest BCUT2D eigenvalue weighted by Gasteiger charge is 2.27. The average Bonchev–Trinajstić information content (AvgIpc) is 3.24. The molecule has 0 aliphatic carbocycles. The number of rotatable bonds is 5. The average molecular weight is 386 g/mol. The van der Waals surface area contributed by atoms with Gasteiger partial charge >= 0.3 is 0 Å². The second kappa shape index (κ2) is 8.86. The molecule has 28 heavy (non-hydrogen) atoms. The lowest BCUT2D eigenvalue weighted by Gasteiger charge is -2.32. The molecular weight excluding hydrogens is 354 g/mol. The van der Waals surface area contributed by atoms with Crippen molar-refractivity contribution in [2.75, 3.05) is 32.7 Å². The quantitative estimate of drug-likeness (QED) is 0.782. The zero-order valence-corrected chi connectivity index (χ0v) is 16.8. The Hall–Kier alpha value is -2.22. The fourth-order valence-electron chi connectivity index (χ4n) is 4.37. The van der Waals surface area contributed by atoms with Gasteiger partial charge in [0, 0.05) is 38.4 Å². The van der Waals surface area contributed by atoms with Gasteiger partial charge in [-0.2, -0.15) is 5.10 Å². The van der Waals surface area contributed by atoms with Gasteiger partial charge in [0.1, 0.15) is 12.4 Å². The first kappa shape index (κ1) is 19.1. The van der Waals surface area contributed by atoms with E-state index in [0.717, 1.165) is 63.5 Å². The van der Waals surface area contributed by atoms with E-state index in [4.69, 9.17) is 0 Å². The number of carbonyl (C=O) groups excluding carboxylic acids is 1. The van der Waals surface area contributed by atoms with Crippen LogP contribution in [0.2, 0.25) is 0 Å². The predicted molar refractivity (Wildman–Crippen MR) is 106 cm³/mol. The minimum absolute atomic E-state index is 0.306. The van der Waals surface area contributed by atoms with E-state index in [-0.39, 0.29) is 0 Å². The van der Waals surface area contributed by atoms with Crippen LogP contribution in [0.3, 0.4) is 0 Å². The van der Waals surface area contributed by atoms with Gasteiger partial charge in [-0.25, -0.2) is 0 Å². The lowest BCUT2D eigenvalue weighted by molar-refractivity contribution is -0.132. The molecule has 4 rings (SSSR count). The van der Waals surface area contributed by atoms with Gasteiger partial charge in [-0.15, -0.1) is 10.2 Å². The molecular formula is C20H31N7O. The van der Waals surface area contributed by atoms with Crippen LogP contribution in [0.5, 0.6) is 0 Å². The van der Waals surface area contributed by atoms with E-state index in [1.807, 2.05) is 24.0 Å². The van der Waals surface area contributed by atoms with E-state index in [9.17, 15) is 4.79 Å². The molecule has 0 unspecified atom stereocenters. The number of hydrogen-bond acceptors (Lipinski definition) is 5. The molecule has 0 spiro atoms. The topological polar surface area (TPSA) is 72.1 Å². The van der Waals surface area contributed by atoms with Crippen LogP contribution in [0.25, 0.3) is 0 Å². The summed E-state index contributed by atoms with van der Waals surface area (Å²) in [5.74, 6) is 2.70. The standard InChI is InChI=1S/C20H31N7O/c1-24-18(15-27-12-6-9-21-27)22-23-20(24)17-7-13-25(14-8-17)16-19(28)26-10-4-2-3-5-11-26/h6,9,12,17H,2-5,7-8,10-11,13-16H2,1H3. The summed E-state index contributed by atoms with van der Waals surface area (Å²) in [6, 6.07) is 1.92. The molecule has 2 aromatic heterocycles. The molecule has 0 N–H and O–H groups in total. The van der Waals surface area contributed by atoms with Gasteiger partial charge in [-0.1, -0.05) is 12.8 Å². The largest absolute Gasteiger partial charge is 0.342 e. The Morgan fingerprint density at radius 1 is 1.07 bits per heavy atom. The molecule has 0 bridgehead atoms. The highest BCUT2D eigenvalue weighted by molar-refractivity contribution is 5.78.